The number of nitrogens with zero attached hydrogens (tertiary/aromatic N) is 1. The first-order valence-corrected chi connectivity index (χ1v) is 15.9. The van der Waals surface area contributed by atoms with E-state index in [4.69, 9.17) is 5.11 Å². The monoisotopic (exact) mass is 611 g/mol. The van der Waals surface area contributed by atoms with Gasteiger partial charge in [-0.05, 0) is 83.4 Å². The Morgan fingerprint density at radius 1 is 1.10 bits per heavy atom. The van der Waals surface area contributed by atoms with Crippen molar-refractivity contribution in [3.8, 4) is 11.3 Å². The lowest BCUT2D eigenvalue weighted by Crippen LogP contribution is -2.44. The van der Waals surface area contributed by atoms with Crippen molar-refractivity contribution >= 4 is 21.9 Å². The third-order valence-electron chi connectivity index (χ3n) is 8.17. The molecule has 232 valence electrons. The first-order chi connectivity index (χ1) is 19.6. The maximum absolute atomic E-state index is 16.0. The molecule has 1 amide bonds. The van der Waals surface area contributed by atoms with Crippen molar-refractivity contribution in [1.82, 2.24) is 14.6 Å². The SMILES string of the molecule is Cc1c(C(=O)NC2CC(CC(=O)O)C2)cc(-c2ccc(S(=O)(=O)NC(C)(C)C)c(C(F)F)c2F)n1CC1CCCCC1. The van der Waals surface area contributed by atoms with Crippen molar-refractivity contribution in [2.24, 2.45) is 11.8 Å². The van der Waals surface area contributed by atoms with E-state index in [1.807, 2.05) is 0 Å². The van der Waals surface area contributed by atoms with Gasteiger partial charge in [-0.25, -0.2) is 26.3 Å². The van der Waals surface area contributed by atoms with Crippen LogP contribution in [0, 0.1) is 24.6 Å². The van der Waals surface area contributed by atoms with Gasteiger partial charge in [0.15, 0.2) is 0 Å². The van der Waals surface area contributed by atoms with E-state index in [1.54, 1.807) is 32.3 Å². The van der Waals surface area contributed by atoms with Crippen LogP contribution in [-0.4, -0.2) is 41.5 Å². The van der Waals surface area contributed by atoms with Gasteiger partial charge in [-0.2, -0.15) is 0 Å². The van der Waals surface area contributed by atoms with Crippen molar-refractivity contribution in [2.75, 3.05) is 0 Å². The van der Waals surface area contributed by atoms with Gasteiger partial charge in [0.2, 0.25) is 10.0 Å². The topological polar surface area (TPSA) is 118 Å². The Balaban J connectivity index is 1.74. The highest BCUT2D eigenvalue weighted by Crippen LogP contribution is 2.38. The number of alkyl halides is 2. The molecule has 2 aliphatic carbocycles. The van der Waals surface area contributed by atoms with E-state index >= 15 is 4.39 Å². The fourth-order valence-corrected chi connectivity index (χ4v) is 7.79. The molecule has 1 aromatic heterocycles. The molecule has 2 aliphatic rings. The highest BCUT2D eigenvalue weighted by atomic mass is 32.2. The van der Waals surface area contributed by atoms with Crippen molar-refractivity contribution in [3.63, 3.8) is 0 Å². The number of carboxylic acids is 1. The molecule has 0 radical (unpaired) electrons. The number of carboxylic acid groups (broad SMARTS) is 1. The fraction of sp³-hybridized carbons (Fsp3) is 0.600. The Bertz CT molecular complexity index is 1440. The number of carbonyl (C=O) groups excluding carboxylic acids is 1. The number of amides is 1. The third-order valence-corrected chi connectivity index (χ3v) is 9.99. The number of nitrogens with one attached hydrogen (secondary N) is 2. The number of carbonyl (C=O) groups is 2. The number of hydrogen-bond donors (Lipinski definition) is 3. The van der Waals surface area contributed by atoms with E-state index in [-0.39, 0.29) is 41.1 Å². The second-order valence-corrected chi connectivity index (χ2v) is 14.4. The molecular weight excluding hydrogens is 571 g/mol. The van der Waals surface area contributed by atoms with Gasteiger partial charge in [0.05, 0.1) is 21.7 Å². The summed E-state index contributed by atoms with van der Waals surface area (Å²) in [6, 6.07) is 3.48. The Kier molecular flexibility index (Phi) is 9.46. The van der Waals surface area contributed by atoms with Gasteiger partial charge >= 0.3 is 5.97 Å². The Hall–Kier alpha value is -2.86. The lowest BCUT2D eigenvalue weighted by molar-refractivity contribution is -0.138. The van der Waals surface area contributed by atoms with Gasteiger partial charge in [0.25, 0.3) is 12.3 Å². The summed E-state index contributed by atoms with van der Waals surface area (Å²) in [5.74, 6) is -2.38. The molecule has 3 N–H and O–H groups in total. The van der Waals surface area contributed by atoms with Gasteiger partial charge in [-0.3, -0.25) is 9.59 Å². The number of aliphatic carboxylic acids is 1. The van der Waals surface area contributed by atoms with E-state index in [9.17, 15) is 26.8 Å². The molecule has 42 heavy (non-hydrogen) atoms. The van der Waals surface area contributed by atoms with Crippen LogP contribution in [0.3, 0.4) is 0 Å². The van der Waals surface area contributed by atoms with Crippen molar-refractivity contribution in [1.29, 1.82) is 0 Å². The summed E-state index contributed by atoms with van der Waals surface area (Å²) in [5, 5.41) is 11.9. The standard InChI is InChI=1S/C30H40F3N3O5S/c1-17-22(29(39)34-20-12-19(13-20)14-25(37)38)15-23(36(17)16-18-8-6-5-7-9-18)21-10-11-24(26(27(21)31)28(32)33)42(40,41)35-30(2,3)4/h10-11,15,18-20,28,35H,5-9,12-14,16H2,1-4H3,(H,34,39)(H,37,38). The summed E-state index contributed by atoms with van der Waals surface area (Å²) >= 11 is 0. The number of halogens is 3. The van der Waals surface area contributed by atoms with Crippen LogP contribution in [0.5, 0.6) is 0 Å². The van der Waals surface area contributed by atoms with Gasteiger partial charge in [-0.1, -0.05) is 19.3 Å². The molecule has 0 saturated heterocycles. The smallest absolute Gasteiger partial charge is 0.303 e. The van der Waals surface area contributed by atoms with E-state index in [0.717, 1.165) is 38.2 Å². The summed E-state index contributed by atoms with van der Waals surface area (Å²) in [6.45, 7) is 6.86. The first-order valence-electron chi connectivity index (χ1n) is 14.4. The Morgan fingerprint density at radius 3 is 2.31 bits per heavy atom. The average Bonchev–Trinajstić information content (AvgIpc) is 3.16. The maximum Gasteiger partial charge on any atom is 0.303 e. The van der Waals surface area contributed by atoms with E-state index in [0.29, 0.717) is 25.1 Å². The molecule has 0 bridgehead atoms. The molecule has 2 aromatic rings. The second kappa shape index (κ2) is 12.4. The van der Waals surface area contributed by atoms with Gasteiger partial charge < -0.3 is 15.0 Å². The lowest BCUT2D eigenvalue weighted by Gasteiger charge is -2.34. The van der Waals surface area contributed by atoms with E-state index in [2.05, 4.69) is 10.0 Å². The second-order valence-electron chi connectivity index (χ2n) is 12.7. The number of hydrogen-bond acceptors (Lipinski definition) is 4. The van der Waals surface area contributed by atoms with Crippen LogP contribution >= 0.6 is 0 Å². The molecule has 1 heterocycles. The summed E-state index contributed by atoms with van der Waals surface area (Å²) in [5.41, 5.74) is -1.34. The molecule has 0 unspecified atom stereocenters. The van der Waals surface area contributed by atoms with Crippen LogP contribution in [0.1, 0.15) is 100 Å². The van der Waals surface area contributed by atoms with Crippen LogP contribution in [0.4, 0.5) is 13.2 Å². The molecule has 1 aromatic carbocycles. The average molecular weight is 612 g/mol. The minimum Gasteiger partial charge on any atom is -0.481 e. The van der Waals surface area contributed by atoms with Crippen molar-refractivity contribution < 1.29 is 36.3 Å². The molecule has 0 aliphatic heterocycles. The predicted molar refractivity (Wildman–Crippen MR) is 152 cm³/mol. The molecule has 2 fully saturated rings. The minimum atomic E-state index is -4.46. The van der Waals surface area contributed by atoms with Gasteiger partial charge in [-0.15, -0.1) is 0 Å². The molecule has 0 spiro atoms. The van der Waals surface area contributed by atoms with Crippen LogP contribution in [0.2, 0.25) is 0 Å². The molecule has 4 rings (SSSR count). The van der Waals surface area contributed by atoms with Crippen LogP contribution < -0.4 is 10.0 Å². The summed E-state index contributed by atoms with van der Waals surface area (Å²) in [6.07, 6.45) is 2.83. The third kappa shape index (κ3) is 7.19. The molecular formula is C30H40F3N3O5S. The Labute approximate surface area is 245 Å². The van der Waals surface area contributed by atoms with E-state index in [1.165, 1.54) is 12.1 Å². The van der Waals surface area contributed by atoms with Gasteiger partial charge in [0, 0.05) is 35.8 Å². The first kappa shape index (κ1) is 32.1. The predicted octanol–water partition coefficient (Wildman–Crippen LogP) is 6.18. The molecule has 0 atom stereocenters. The highest BCUT2D eigenvalue weighted by molar-refractivity contribution is 7.89. The molecule has 12 heteroatoms. The van der Waals surface area contributed by atoms with Crippen LogP contribution in [-0.2, 0) is 21.4 Å². The van der Waals surface area contributed by atoms with E-state index < -0.39 is 50.1 Å². The zero-order valence-electron chi connectivity index (χ0n) is 24.5. The van der Waals surface area contributed by atoms with Crippen molar-refractivity contribution in [2.45, 2.75) is 109 Å². The lowest BCUT2D eigenvalue weighted by atomic mass is 9.78. The molecule has 2 saturated carbocycles. The van der Waals surface area contributed by atoms with Gasteiger partial charge in [0.1, 0.15) is 5.82 Å². The van der Waals surface area contributed by atoms with Crippen LogP contribution in [0.25, 0.3) is 11.3 Å². The maximum atomic E-state index is 16.0. The fourth-order valence-electron chi connectivity index (χ4n) is 6.16. The summed E-state index contributed by atoms with van der Waals surface area (Å²) in [7, 11) is -4.46. The van der Waals surface area contributed by atoms with Crippen molar-refractivity contribution in [3.05, 3.63) is 40.8 Å². The number of benzene rings is 1. The largest absolute Gasteiger partial charge is 0.481 e. The minimum absolute atomic E-state index is 0.00946. The quantitative estimate of drug-likeness (QED) is 0.297. The number of aromatic nitrogens is 1. The summed E-state index contributed by atoms with van der Waals surface area (Å²) in [4.78, 5) is 23.5. The zero-order valence-corrected chi connectivity index (χ0v) is 25.3. The Morgan fingerprint density at radius 2 is 1.74 bits per heavy atom. The summed E-state index contributed by atoms with van der Waals surface area (Å²) < 4.78 is 74.6. The molecule has 8 nitrogen and oxygen atoms in total. The number of rotatable bonds is 10. The highest BCUT2D eigenvalue weighted by Gasteiger charge is 2.35. The normalized spacial score (nSPS) is 20.0. The zero-order chi connectivity index (χ0) is 31.0. The van der Waals surface area contributed by atoms with Crippen LogP contribution in [0.15, 0.2) is 23.1 Å². The number of sulfonamides is 1.